The lowest BCUT2D eigenvalue weighted by molar-refractivity contribution is 0.0642. The molecular formula is C5H6BrN3O3. The Kier molecular flexibility index (Phi) is 2.77. The second-order valence-electron chi connectivity index (χ2n) is 1.93. The first-order chi connectivity index (χ1) is 5.65. The second-order valence-corrected chi connectivity index (χ2v) is 2.64. The summed E-state index contributed by atoms with van der Waals surface area (Å²) in [6.07, 6.45) is 0. The third-order valence-corrected chi connectivity index (χ3v) is 1.42. The Morgan fingerprint density at radius 1 is 1.83 bits per heavy atom. The first-order valence-electron chi connectivity index (χ1n) is 2.97. The van der Waals surface area contributed by atoms with Gasteiger partial charge in [-0.25, -0.2) is 9.48 Å². The molecule has 0 aliphatic heterocycles. The van der Waals surface area contributed by atoms with E-state index in [2.05, 4.69) is 26.0 Å². The van der Waals surface area contributed by atoms with Gasteiger partial charge in [0.25, 0.3) is 0 Å². The van der Waals surface area contributed by atoms with Gasteiger partial charge in [0.05, 0.1) is 0 Å². The molecule has 1 rings (SSSR count). The molecule has 0 spiro atoms. The molecule has 12 heavy (non-hydrogen) atoms. The zero-order chi connectivity index (χ0) is 9.14. The number of methoxy groups -OCH3 is 1. The molecule has 0 atom stereocenters. The van der Waals surface area contributed by atoms with Crippen LogP contribution in [0.5, 0.6) is 0 Å². The molecule has 0 radical (unpaired) electrons. The van der Waals surface area contributed by atoms with Crippen LogP contribution in [0.25, 0.3) is 0 Å². The summed E-state index contributed by atoms with van der Waals surface area (Å²) in [6, 6.07) is 0. The highest BCUT2D eigenvalue weighted by Gasteiger charge is 2.14. The fraction of sp³-hybridized carbons (Fsp3) is 0.400. The van der Waals surface area contributed by atoms with E-state index in [1.165, 1.54) is 7.11 Å². The molecule has 7 heteroatoms. The largest absolute Gasteiger partial charge is 0.475 e. The van der Waals surface area contributed by atoms with Crippen LogP contribution in [-0.4, -0.2) is 33.0 Å². The van der Waals surface area contributed by atoms with Crippen LogP contribution in [0.4, 0.5) is 0 Å². The molecule has 6 nitrogen and oxygen atoms in total. The normalized spacial score (nSPS) is 10.2. The van der Waals surface area contributed by atoms with Crippen molar-refractivity contribution in [2.75, 3.05) is 7.11 Å². The smallest absolute Gasteiger partial charge is 0.373 e. The molecule has 0 saturated heterocycles. The first kappa shape index (κ1) is 9.14. The topological polar surface area (TPSA) is 77.2 Å². The van der Waals surface area contributed by atoms with Gasteiger partial charge in [0, 0.05) is 7.11 Å². The summed E-state index contributed by atoms with van der Waals surface area (Å²) < 4.78 is 6.09. The Morgan fingerprint density at radius 3 is 3.00 bits per heavy atom. The second kappa shape index (κ2) is 3.63. The van der Waals surface area contributed by atoms with E-state index in [-0.39, 0.29) is 17.3 Å². The zero-order valence-electron chi connectivity index (χ0n) is 6.19. The van der Waals surface area contributed by atoms with Crippen molar-refractivity contribution in [3.63, 3.8) is 0 Å². The monoisotopic (exact) mass is 235 g/mol. The number of halogens is 1. The number of aromatic carboxylic acids is 1. The van der Waals surface area contributed by atoms with Gasteiger partial charge in [-0.15, -0.1) is 5.10 Å². The van der Waals surface area contributed by atoms with Crippen LogP contribution in [0.3, 0.4) is 0 Å². The number of ether oxygens (including phenoxy) is 1. The van der Waals surface area contributed by atoms with E-state index in [1.807, 2.05) is 0 Å². The summed E-state index contributed by atoms with van der Waals surface area (Å²) in [5.74, 6) is -1.28. The van der Waals surface area contributed by atoms with Crippen molar-refractivity contribution in [1.29, 1.82) is 0 Å². The standard InChI is InChI=1S/C5H6BrN3O3/c1-12-2-9-3(4(10)11)7-5(6)8-9/h2H2,1H3,(H,10,11). The fourth-order valence-electron chi connectivity index (χ4n) is 0.685. The van der Waals surface area contributed by atoms with Gasteiger partial charge in [-0.05, 0) is 15.9 Å². The lowest BCUT2D eigenvalue weighted by atomic mass is 10.6. The third kappa shape index (κ3) is 1.80. The van der Waals surface area contributed by atoms with E-state index in [1.54, 1.807) is 0 Å². The van der Waals surface area contributed by atoms with E-state index >= 15 is 0 Å². The van der Waals surface area contributed by atoms with Crippen LogP contribution in [0.1, 0.15) is 10.6 Å². The lowest BCUT2D eigenvalue weighted by Crippen LogP contribution is -2.11. The number of rotatable bonds is 3. The minimum atomic E-state index is -1.13. The number of hydrogen-bond acceptors (Lipinski definition) is 4. The Hall–Kier alpha value is -0.950. The number of carboxylic acids is 1. The van der Waals surface area contributed by atoms with Gasteiger partial charge in [-0.3, -0.25) is 0 Å². The molecule has 0 amide bonds. The summed E-state index contributed by atoms with van der Waals surface area (Å²) in [4.78, 5) is 14.1. The predicted molar refractivity (Wildman–Crippen MR) is 41.7 cm³/mol. The quantitative estimate of drug-likeness (QED) is 0.818. The highest BCUT2D eigenvalue weighted by atomic mass is 79.9. The Balaban J connectivity index is 2.99. The molecule has 1 aromatic heterocycles. The highest BCUT2D eigenvalue weighted by molar-refractivity contribution is 9.10. The van der Waals surface area contributed by atoms with Crippen molar-refractivity contribution < 1.29 is 14.6 Å². The Labute approximate surface area is 76.3 Å². The highest BCUT2D eigenvalue weighted by Crippen LogP contribution is 2.04. The van der Waals surface area contributed by atoms with E-state index in [0.717, 1.165) is 4.68 Å². The molecule has 0 saturated carbocycles. The average molecular weight is 236 g/mol. The maximum atomic E-state index is 10.5. The lowest BCUT2D eigenvalue weighted by Gasteiger charge is -1.98. The molecule has 1 heterocycles. The molecule has 0 bridgehead atoms. The summed E-state index contributed by atoms with van der Waals surface area (Å²) in [5, 5.41) is 12.3. The summed E-state index contributed by atoms with van der Waals surface area (Å²) in [5.41, 5.74) is 0. The van der Waals surface area contributed by atoms with E-state index in [0.29, 0.717) is 0 Å². The molecule has 1 aromatic rings. The van der Waals surface area contributed by atoms with Crippen molar-refractivity contribution in [2.45, 2.75) is 6.73 Å². The number of nitrogens with zero attached hydrogens (tertiary/aromatic N) is 3. The maximum absolute atomic E-state index is 10.5. The van der Waals surface area contributed by atoms with Gasteiger partial charge < -0.3 is 9.84 Å². The van der Waals surface area contributed by atoms with E-state index < -0.39 is 5.97 Å². The molecule has 0 aliphatic rings. The van der Waals surface area contributed by atoms with Crippen molar-refractivity contribution in [3.8, 4) is 0 Å². The number of aromatic nitrogens is 3. The number of carbonyl (C=O) groups is 1. The van der Waals surface area contributed by atoms with Crippen LogP contribution in [0.2, 0.25) is 0 Å². The summed E-state index contributed by atoms with van der Waals surface area (Å²) in [7, 11) is 1.45. The van der Waals surface area contributed by atoms with Crippen LogP contribution < -0.4 is 0 Å². The van der Waals surface area contributed by atoms with Crippen LogP contribution in [-0.2, 0) is 11.5 Å². The summed E-state index contributed by atoms with van der Waals surface area (Å²) in [6.45, 7) is 0.0697. The van der Waals surface area contributed by atoms with Gasteiger partial charge in [0.1, 0.15) is 6.73 Å². The van der Waals surface area contributed by atoms with Gasteiger partial charge in [-0.2, -0.15) is 4.98 Å². The van der Waals surface area contributed by atoms with Crippen LogP contribution in [0.15, 0.2) is 4.73 Å². The SMILES string of the molecule is COCn1nc(Br)nc1C(=O)O. The Morgan fingerprint density at radius 2 is 2.50 bits per heavy atom. The molecular weight excluding hydrogens is 230 g/mol. The number of hydrogen-bond donors (Lipinski definition) is 1. The molecule has 0 aliphatic carbocycles. The molecule has 0 unspecified atom stereocenters. The van der Waals surface area contributed by atoms with Crippen molar-refractivity contribution in [1.82, 2.24) is 14.8 Å². The van der Waals surface area contributed by atoms with Gasteiger partial charge in [0.15, 0.2) is 0 Å². The Bertz CT molecular complexity index is 298. The molecule has 66 valence electrons. The van der Waals surface area contributed by atoms with E-state index in [4.69, 9.17) is 9.84 Å². The maximum Gasteiger partial charge on any atom is 0.373 e. The van der Waals surface area contributed by atoms with Crippen LogP contribution >= 0.6 is 15.9 Å². The predicted octanol–water partition coefficient (Wildman–Crippen LogP) is 0.343. The van der Waals surface area contributed by atoms with Gasteiger partial charge >= 0.3 is 5.97 Å². The number of carboxylic acid groups (broad SMARTS) is 1. The first-order valence-corrected chi connectivity index (χ1v) is 3.77. The minimum absolute atomic E-state index is 0.0697. The zero-order valence-corrected chi connectivity index (χ0v) is 7.78. The fourth-order valence-corrected chi connectivity index (χ4v) is 1.04. The molecule has 0 fully saturated rings. The van der Waals surface area contributed by atoms with Crippen molar-refractivity contribution in [3.05, 3.63) is 10.6 Å². The van der Waals surface area contributed by atoms with Crippen molar-refractivity contribution >= 4 is 21.9 Å². The molecule has 0 aromatic carbocycles. The minimum Gasteiger partial charge on any atom is -0.475 e. The van der Waals surface area contributed by atoms with Crippen molar-refractivity contribution in [2.24, 2.45) is 0 Å². The van der Waals surface area contributed by atoms with Gasteiger partial charge in [0.2, 0.25) is 10.6 Å². The van der Waals surface area contributed by atoms with Gasteiger partial charge in [-0.1, -0.05) is 0 Å². The average Bonchev–Trinajstić information content (AvgIpc) is 2.32. The van der Waals surface area contributed by atoms with Crippen LogP contribution in [0, 0.1) is 0 Å². The third-order valence-electron chi connectivity index (χ3n) is 1.09. The molecule has 1 N–H and O–H groups in total. The summed E-state index contributed by atoms with van der Waals surface area (Å²) >= 11 is 2.96. The van der Waals surface area contributed by atoms with E-state index in [9.17, 15) is 4.79 Å².